The van der Waals surface area contributed by atoms with Gasteiger partial charge in [0, 0.05) is 0 Å². The fraction of sp³-hybridized carbons (Fsp3) is 0.800. The fourth-order valence-electron chi connectivity index (χ4n) is 1.84. The van der Waals surface area contributed by atoms with E-state index in [1.165, 1.54) is 7.11 Å². The van der Waals surface area contributed by atoms with Crippen LogP contribution in [0.1, 0.15) is 32.6 Å². The Balaban J connectivity index is 2.80. The van der Waals surface area contributed by atoms with Crippen molar-refractivity contribution < 1.29 is 9.53 Å². The highest BCUT2D eigenvalue weighted by atomic mass is 16.5. The predicted octanol–water partition coefficient (Wildman–Crippen LogP) is 2.68. The van der Waals surface area contributed by atoms with E-state index >= 15 is 0 Å². The van der Waals surface area contributed by atoms with Crippen molar-refractivity contribution in [2.75, 3.05) is 7.11 Å². The van der Waals surface area contributed by atoms with E-state index in [2.05, 4.69) is 21.0 Å². The number of hydrogen-bond acceptors (Lipinski definition) is 4. The van der Waals surface area contributed by atoms with Gasteiger partial charge in [0.25, 0.3) is 0 Å². The zero-order valence-corrected chi connectivity index (χ0v) is 9.06. The zero-order chi connectivity index (χ0) is 11.3. The van der Waals surface area contributed by atoms with Crippen LogP contribution in [-0.4, -0.2) is 18.7 Å². The van der Waals surface area contributed by atoms with E-state index in [0.29, 0.717) is 6.42 Å². The molecule has 1 fully saturated rings. The van der Waals surface area contributed by atoms with Gasteiger partial charge in [-0.3, -0.25) is 0 Å². The van der Waals surface area contributed by atoms with E-state index in [9.17, 15) is 4.79 Å². The van der Waals surface area contributed by atoms with Crippen LogP contribution in [0, 0.1) is 17.2 Å². The first kappa shape index (κ1) is 11.6. The molecule has 2 unspecified atom stereocenters. The molecule has 1 aliphatic rings. The standard InChI is InChI=1S/C10H15N3O2/c1-8-5-3-4-6-10(8,7-11)13-12-9(14)15-2/h8H,3-6H2,1-2H3. The number of amides is 1. The molecule has 0 heterocycles. The molecule has 5 heteroatoms. The van der Waals surface area contributed by atoms with Crippen LogP contribution >= 0.6 is 0 Å². The van der Waals surface area contributed by atoms with E-state index in [1.807, 2.05) is 6.92 Å². The normalized spacial score (nSPS) is 31.1. The van der Waals surface area contributed by atoms with Gasteiger partial charge in [-0.2, -0.15) is 10.4 Å². The second-order valence-electron chi connectivity index (χ2n) is 3.85. The minimum Gasteiger partial charge on any atom is -0.450 e. The fourth-order valence-corrected chi connectivity index (χ4v) is 1.84. The van der Waals surface area contributed by atoms with Crippen molar-refractivity contribution in [2.45, 2.75) is 38.1 Å². The molecule has 0 radical (unpaired) electrons. The molecule has 82 valence electrons. The molecule has 0 aliphatic heterocycles. The molecule has 1 aliphatic carbocycles. The Kier molecular flexibility index (Phi) is 3.78. The molecule has 1 amide bonds. The number of nitriles is 1. The Morgan fingerprint density at radius 3 is 2.87 bits per heavy atom. The van der Waals surface area contributed by atoms with Gasteiger partial charge >= 0.3 is 6.09 Å². The van der Waals surface area contributed by atoms with Gasteiger partial charge in [0.05, 0.1) is 13.2 Å². The third-order valence-corrected chi connectivity index (χ3v) is 2.94. The van der Waals surface area contributed by atoms with Gasteiger partial charge in [-0.05, 0) is 25.2 Å². The monoisotopic (exact) mass is 209 g/mol. The number of azo groups is 1. The number of rotatable bonds is 1. The molecule has 0 aromatic rings. The van der Waals surface area contributed by atoms with E-state index in [0.717, 1.165) is 19.3 Å². The maximum absolute atomic E-state index is 10.8. The van der Waals surface area contributed by atoms with Crippen LogP contribution in [0.5, 0.6) is 0 Å². The lowest BCUT2D eigenvalue weighted by Crippen LogP contribution is -2.35. The van der Waals surface area contributed by atoms with Crippen molar-refractivity contribution >= 4 is 6.09 Å². The van der Waals surface area contributed by atoms with Crippen molar-refractivity contribution in [3.63, 3.8) is 0 Å². The summed E-state index contributed by atoms with van der Waals surface area (Å²) in [5.41, 5.74) is -0.827. The molecule has 0 N–H and O–H groups in total. The number of nitrogens with zero attached hydrogens (tertiary/aromatic N) is 3. The van der Waals surface area contributed by atoms with E-state index < -0.39 is 11.6 Å². The zero-order valence-electron chi connectivity index (χ0n) is 9.06. The van der Waals surface area contributed by atoms with Crippen LogP contribution in [0.4, 0.5) is 4.79 Å². The molecule has 0 saturated heterocycles. The lowest BCUT2D eigenvalue weighted by atomic mass is 9.75. The maximum atomic E-state index is 10.8. The first-order chi connectivity index (χ1) is 7.14. The number of ether oxygens (including phenoxy) is 1. The number of carbonyl (C=O) groups is 1. The van der Waals surface area contributed by atoms with Crippen molar-refractivity contribution in [1.82, 2.24) is 0 Å². The Hall–Kier alpha value is -1.44. The van der Waals surface area contributed by atoms with Crippen LogP contribution in [0.3, 0.4) is 0 Å². The molecule has 15 heavy (non-hydrogen) atoms. The van der Waals surface area contributed by atoms with Gasteiger partial charge in [-0.1, -0.05) is 18.5 Å². The Labute approximate surface area is 89.1 Å². The SMILES string of the molecule is COC(=O)N=NC1(C#N)CCCCC1C. The third kappa shape index (κ3) is 2.52. The molecule has 1 saturated carbocycles. The second kappa shape index (κ2) is 4.87. The molecule has 5 nitrogen and oxygen atoms in total. The highest BCUT2D eigenvalue weighted by Crippen LogP contribution is 2.36. The number of hydrogen-bond donors (Lipinski definition) is 0. The average Bonchev–Trinajstić information content (AvgIpc) is 2.28. The molecular formula is C10H15N3O2. The lowest BCUT2D eigenvalue weighted by molar-refractivity contribution is 0.176. The topological polar surface area (TPSA) is 74.8 Å². The van der Waals surface area contributed by atoms with Gasteiger partial charge in [-0.15, -0.1) is 0 Å². The average molecular weight is 209 g/mol. The number of methoxy groups -OCH3 is 1. The molecule has 0 bridgehead atoms. The quantitative estimate of drug-likeness (QED) is 0.623. The van der Waals surface area contributed by atoms with Crippen LogP contribution in [-0.2, 0) is 4.74 Å². The minimum atomic E-state index is -0.827. The summed E-state index contributed by atoms with van der Waals surface area (Å²) in [5, 5.41) is 16.4. The molecule has 2 atom stereocenters. The predicted molar refractivity (Wildman–Crippen MR) is 53.2 cm³/mol. The molecule has 0 aromatic heterocycles. The summed E-state index contributed by atoms with van der Waals surface area (Å²) < 4.78 is 4.36. The summed E-state index contributed by atoms with van der Waals surface area (Å²) in [6.45, 7) is 1.97. The smallest absolute Gasteiger partial charge is 0.450 e. The third-order valence-electron chi connectivity index (χ3n) is 2.94. The first-order valence-electron chi connectivity index (χ1n) is 5.07. The van der Waals surface area contributed by atoms with Crippen molar-refractivity contribution in [3.8, 4) is 6.07 Å². The van der Waals surface area contributed by atoms with Crippen LogP contribution in [0.25, 0.3) is 0 Å². The van der Waals surface area contributed by atoms with Crippen LogP contribution in [0.2, 0.25) is 0 Å². The molecular weight excluding hydrogens is 194 g/mol. The van der Waals surface area contributed by atoms with E-state index in [1.54, 1.807) is 0 Å². The molecule has 0 aromatic carbocycles. The highest BCUT2D eigenvalue weighted by molar-refractivity contribution is 5.67. The summed E-state index contributed by atoms with van der Waals surface area (Å²) in [5.74, 6) is 0.143. The summed E-state index contributed by atoms with van der Waals surface area (Å²) >= 11 is 0. The minimum absolute atomic E-state index is 0.143. The van der Waals surface area contributed by atoms with Gasteiger partial charge in [0.15, 0.2) is 5.54 Å². The van der Waals surface area contributed by atoms with Crippen molar-refractivity contribution in [2.24, 2.45) is 16.1 Å². The molecule has 0 spiro atoms. The van der Waals surface area contributed by atoms with Crippen LogP contribution in [0.15, 0.2) is 10.2 Å². The Morgan fingerprint density at radius 2 is 2.33 bits per heavy atom. The van der Waals surface area contributed by atoms with Crippen molar-refractivity contribution in [1.29, 1.82) is 5.26 Å². The number of carbonyl (C=O) groups excluding carboxylic acids is 1. The van der Waals surface area contributed by atoms with E-state index in [-0.39, 0.29) is 5.92 Å². The first-order valence-corrected chi connectivity index (χ1v) is 5.07. The Morgan fingerprint density at radius 1 is 1.60 bits per heavy atom. The lowest BCUT2D eigenvalue weighted by Gasteiger charge is -2.31. The van der Waals surface area contributed by atoms with Crippen LogP contribution < -0.4 is 0 Å². The van der Waals surface area contributed by atoms with E-state index in [4.69, 9.17) is 5.26 Å². The summed E-state index contributed by atoms with van der Waals surface area (Å²) in [6, 6.07) is 2.18. The van der Waals surface area contributed by atoms with Crippen molar-refractivity contribution in [3.05, 3.63) is 0 Å². The Bertz CT molecular complexity index is 308. The van der Waals surface area contributed by atoms with Gasteiger partial charge in [-0.25, -0.2) is 4.79 Å². The summed E-state index contributed by atoms with van der Waals surface area (Å²) in [6.07, 6.45) is 2.94. The largest absolute Gasteiger partial charge is 0.451 e. The van der Waals surface area contributed by atoms with Gasteiger partial charge in [0.1, 0.15) is 0 Å². The molecule has 1 rings (SSSR count). The maximum Gasteiger partial charge on any atom is 0.451 e. The second-order valence-corrected chi connectivity index (χ2v) is 3.85. The summed E-state index contributed by atoms with van der Waals surface area (Å²) in [7, 11) is 1.24. The highest BCUT2D eigenvalue weighted by Gasteiger charge is 2.39. The summed E-state index contributed by atoms with van der Waals surface area (Å²) in [4.78, 5) is 10.8. The van der Waals surface area contributed by atoms with Gasteiger partial charge in [0.2, 0.25) is 0 Å². The van der Waals surface area contributed by atoms with Gasteiger partial charge < -0.3 is 4.74 Å².